The predicted octanol–water partition coefficient (Wildman–Crippen LogP) is 3.45. The first-order chi connectivity index (χ1) is 9.40. The third-order valence-corrected chi connectivity index (χ3v) is 4.91. The summed E-state index contributed by atoms with van der Waals surface area (Å²) in [6.45, 7) is 10.0. The Kier molecular flexibility index (Phi) is 4.46. The van der Waals surface area contributed by atoms with Crippen LogP contribution in [-0.2, 0) is 14.3 Å². The van der Waals surface area contributed by atoms with Gasteiger partial charge in [-0.1, -0.05) is 19.1 Å². The first kappa shape index (κ1) is 15.0. The molecule has 2 aliphatic carbocycles. The summed E-state index contributed by atoms with van der Waals surface area (Å²) >= 11 is 0. The fraction of sp³-hybridized carbons (Fsp3) is 0.647. The highest BCUT2D eigenvalue weighted by Gasteiger charge is 2.37. The summed E-state index contributed by atoms with van der Waals surface area (Å²) in [6.07, 6.45) is 3.78. The Balaban J connectivity index is 2.12. The molecule has 0 aromatic rings. The molecule has 0 N–H and O–H groups in total. The zero-order valence-corrected chi connectivity index (χ0v) is 12.7. The van der Waals surface area contributed by atoms with Crippen molar-refractivity contribution in [2.24, 2.45) is 17.8 Å². The zero-order chi connectivity index (χ0) is 14.9. The summed E-state index contributed by atoms with van der Waals surface area (Å²) in [5, 5.41) is 0. The van der Waals surface area contributed by atoms with Crippen LogP contribution in [0.25, 0.3) is 0 Å². The number of allylic oxidation sites excluding steroid dienone is 2. The van der Waals surface area contributed by atoms with Gasteiger partial charge in [-0.05, 0) is 55.1 Å². The molecule has 0 bridgehead atoms. The molecule has 0 unspecified atom stereocenters. The van der Waals surface area contributed by atoms with Crippen LogP contribution in [0.2, 0.25) is 0 Å². The number of ether oxygens (including phenoxy) is 1. The van der Waals surface area contributed by atoms with E-state index in [9.17, 15) is 9.59 Å². The molecular weight excluding hydrogens is 252 g/mol. The van der Waals surface area contributed by atoms with Crippen LogP contribution in [0.15, 0.2) is 23.3 Å². The summed E-state index contributed by atoms with van der Waals surface area (Å²) in [5.41, 5.74) is 3.27. The van der Waals surface area contributed by atoms with Crippen LogP contribution in [-0.4, -0.2) is 18.4 Å². The van der Waals surface area contributed by atoms with E-state index in [4.69, 9.17) is 4.74 Å². The van der Waals surface area contributed by atoms with Crippen molar-refractivity contribution in [3.8, 4) is 0 Å². The molecule has 2 aliphatic rings. The lowest BCUT2D eigenvalue weighted by Crippen LogP contribution is -2.11. The summed E-state index contributed by atoms with van der Waals surface area (Å²) in [5.74, 6) is 1.35. The van der Waals surface area contributed by atoms with Crippen LogP contribution in [0.1, 0.15) is 46.5 Å². The van der Waals surface area contributed by atoms with Gasteiger partial charge in [0.1, 0.15) is 6.61 Å². The number of esters is 1. The first-order valence-electron chi connectivity index (χ1n) is 7.44. The maximum Gasteiger partial charge on any atom is 0.302 e. The van der Waals surface area contributed by atoms with Gasteiger partial charge in [0.15, 0.2) is 5.78 Å². The quantitative estimate of drug-likeness (QED) is 0.586. The SMILES string of the molecule is C=C(COC(C)=O)[C@@H]1CC[C@@H](C)[C@H]2CC(=O)C(C)=C2C1. The van der Waals surface area contributed by atoms with Crippen molar-refractivity contribution in [2.45, 2.75) is 46.5 Å². The third kappa shape index (κ3) is 3.02. The largest absolute Gasteiger partial charge is 0.461 e. The highest BCUT2D eigenvalue weighted by atomic mass is 16.5. The maximum absolute atomic E-state index is 11.9. The van der Waals surface area contributed by atoms with Crippen molar-refractivity contribution < 1.29 is 14.3 Å². The molecule has 0 aromatic heterocycles. The van der Waals surface area contributed by atoms with E-state index in [1.807, 2.05) is 6.92 Å². The summed E-state index contributed by atoms with van der Waals surface area (Å²) in [4.78, 5) is 22.9. The predicted molar refractivity (Wildman–Crippen MR) is 78.1 cm³/mol. The van der Waals surface area contributed by atoms with Crippen LogP contribution in [0.5, 0.6) is 0 Å². The van der Waals surface area contributed by atoms with E-state index >= 15 is 0 Å². The minimum Gasteiger partial charge on any atom is -0.461 e. The van der Waals surface area contributed by atoms with E-state index in [1.165, 1.54) is 12.5 Å². The van der Waals surface area contributed by atoms with Gasteiger partial charge in [-0.25, -0.2) is 0 Å². The molecule has 0 heterocycles. The highest BCUT2D eigenvalue weighted by molar-refractivity contribution is 5.98. The summed E-state index contributed by atoms with van der Waals surface area (Å²) in [7, 11) is 0. The Labute approximate surface area is 121 Å². The second kappa shape index (κ2) is 5.94. The molecule has 2 rings (SSSR count). The zero-order valence-electron chi connectivity index (χ0n) is 12.7. The van der Waals surface area contributed by atoms with Gasteiger partial charge in [-0.15, -0.1) is 0 Å². The maximum atomic E-state index is 11.9. The van der Waals surface area contributed by atoms with Crippen LogP contribution in [0, 0.1) is 17.8 Å². The minimum absolute atomic E-state index is 0.266. The average Bonchev–Trinajstić information content (AvgIpc) is 2.58. The van der Waals surface area contributed by atoms with Crippen LogP contribution < -0.4 is 0 Å². The standard InChI is InChI=1S/C17H24O3/c1-10-5-6-14(11(2)9-20-13(4)18)7-16-12(3)17(19)8-15(10)16/h10,14-15H,2,5-9H2,1,3-4H3/t10-,14-,15-/m1/s1. The molecular formula is C17H24O3. The van der Waals surface area contributed by atoms with Crippen molar-refractivity contribution >= 4 is 11.8 Å². The van der Waals surface area contributed by atoms with Crippen molar-refractivity contribution in [1.29, 1.82) is 0 Å². The lowest BCUT2D eigenvalue weighted by molar-refractivity contribution is -0.140. The number of carbonyl (C=O) groups excluding carboxylic acids is 2. The van der Waals surface area contributed by atoms with Crippen molar-refractivity contribution in [2.75, 3.05) is 6.61 Å². The molecule has 20 heavy (non-hydrogen) atoms. The van der Waals surface area contributed by atoms with Crippen molar-refractivity contribution in [1.82, 2.24) is 0 Å². The molecule has 110 valence electrons. The number of hydrogen-bond donors (Lipinski definition) is 0. The molecule has 0 amide bonds. The van der Waals surface area contributed by atoms with Gasteiger partial charge in [0.2, 0.25) is 0 Å². The Morgan fingerprint density at radius 1 is 1.35 bits per heavy atom. The monoisotopic (exact) mass is 276 g/mol. The van der Waals surface area contributed by atoms with Crippen LogP contribution in [0.4, 0.5) is 0 Å². The molecule has 0 radical (unpaired) electrons. The molecule has 0 spiro atoms. The topological polar surface area (TPSA) is 43.4 Å². The van der Waals surface area contributed by atoms with E-state index in [2.05, 4.69) is 13.5 Å². The number of Topliss-reactive ketones (excluding diaryl/α,β-unsaturated/α-hetero) is 1. The fourth-order valence-electron chi connectivity index (χ4n) is 3.48. The number of fused-ring (bicyclic) bond motifs is 1. The molecule has 3 atom stereocenters. The van der Waals surface area contributed by atoms with Gasteiger partial charge in [0.05, 0.1) is 0 Å². The van der Waals surface area contributed by atoms with Gasteiger partial charge in [-0.2, -0.15) is 0 Å². The minimum atomic E-state index is -0.266. The summed E-state index contributed by atoms with van der Waals surface area (Å²) in [6, 6.07) is 0. The molecule has 0 saturated heterocycles. The molecule has 3 heteroatoms. The van der Waals surface area contributed by atoms with Gasteiger partial charge in [0.25, 0.3) is 0 Å². The van der Waals surface area contributed by atoms with E-state index in [0.29, 0.717) is 36.6 Å². The Hall–Kier alpha value is -1.38. The van der Waals surface area contributed by atoms with Gasteiger partial charge >= 0.3 is 5.97 Å². The fourth-order valence-corrected chi connectivity index (χ4v) is 3.48. The lowest BCUT2D eigenvalue weighted by Gasteiger charge is -2.19. The number of rotatable bonds is 3. The third-order valence-electron chi connectivity index (χ3n) is 4.91. The summed E-state index contributed by atoms with van der Waals surface area (Å²) < 4.78 is 5.06. The first-order valence-corrected chi connectivity index (χ1v) is 7.44. The van der Waals surface area contributed by atoms with E-state index < -0.39 is 0 Å². The van der Waals surface area contributed by atoms with Gasteiger partial charge in [-0.3, -0.25) is 9.59 Å². The average molecular weight is 276 g/mol. The Morgan fingerprint density at radius 2 is 2.05 bits per heavy atom. The molecule has 3 nitrogen and oxygen atoms in total. The second-order valence-electron chi connectivity index (χ2n) is 6.28. The Morgan fingerprint density at radius 3 is 2.70 bits per heavy atom. The van der Waals surface area contributed by atoms with E-state index in [1.54, 1.807) is 0 Å². The highest BCUT2D eigenvalue weighted by Crippen LogP contribution is 2.45. The van der Waals surface area contributed by atoms with E-state index in [0.717, 1.165) is 30.4 Å². The van der Waals surface area contributed by atoms with Gasteiger partial charge < -0.3 is 4.74 Å². The van der Waals surface area contributed by atoms with Gasteiger partial charge in [0, 0.05) is 13.3 Å². The molecule has 1 saturated carbocycles. The normalized spacial score (nSPS) is 29.9. The lowest BCUT2D eigenvalue weighted by atomic mass is 9.86. The number of ketones is 1. The second-order valence-corrected chi connectivity index (χ2v) is 6.28. The Bertz CT molecular complexity index is 473. The van der Waals surface area contributed by atoms with E-state index in [-0.39, 0.29) is 5.97 Å². The van der Waals surface area contributed by atoms with Crippen molar-refractivity contribution in [3.05, 3.63) is 23.3 Å². The molecule has 0 aromatic carbocycles. The molecule has 1 fully saturated rings. The number of hydrogen-bond acceptors (Lipinski definition) is 3. The van der Waals surface area contributed by atoms with Crippen molar-refractivity contribution in [3.63, 3.8) is 0 Å². The smallest absolute Gasteiger partial charge is 0.302 e. The molecule has 0 aliphatic heterocycles. The number of carbonyl (C=O) groups is 2. The van der Waals surface area contributed by atoms with Crippen LogP contribution in [0.3, 0.4) is 0 Å². The van der Waals surface area contributed by atoms with Crippen LogP contribution >= 0.6 is 0 Å².